The van der Waals surface area contributed by atoms with E-state index in [1.165, 1.54) is 23.6 Å². The summed E-state index contributed by atoms with van der Waals surface area (Å²) in [6.07, 6.45) is 2.94. The van der Waals surface area contributed by atoms with E-state index in [9.17, 15) is 9.50 Å². The minimum atomic E-state index is -1.19. The Hall–Kier alpha value is -1.85. The number of fused-ring (bicyclic) bond motifs is 1. The average molecular weight is 288 g/mol. The van der Waals surface area contributed by atoms with Crippen LogP contribution >= 0.6 is 11.3 Å². The van der Waals surface area contributed by atoms with Crippen molar-refractivity contribution in [1.29, 1.82) is 0 Å². The fourth-order valence-corrected chi connectivity index (χ4v) is 3.21. The molecule has 2 aromatic heterocycles. The zero-order valence-electron chi connectivity index (χ0n) is 10.9. The molecule has 20 heavy (non-hydrogen) atoms. The lowest BCUT2D eigenvalue weighted by molar-refractivity contribution is 0.0569. The average Bonchev–Trinajstić information content (AvgIpc) is 2.80. The molecule has 0 bridgehead atoms. The Labute approximate surface area is 119 Å². The molecule has 102 valence electrons. The highest BCUT2D eigenvalue weighted by molar-refractivity contribution is 7.18. The monoisotopic (exact) mass is 288 g/mol. The maximum atomic E-state index is 13.2. The normalized spacial score (nSPS) is 14.3. The number of hydrogen-bond donors (Lipinski definition) is 1. The molecule has 0 aliphatic carbocycles. The zero-order valence-corrected chi connectivity index (χ0v) is 11.7. The van der Waals surface area contributed by atoms with E-state index in [-0.39, 0.29) is 0 Å². The van der Waals surface area contributed by atoms with E-state index >= 15 is 0 Å². The van der Waals surface area contributed by atoms with Gasteiger partial charge in [-0.15, -0.1) is 11.3 Å². The number of pyridine rings is 1. The number of rotatable bonds is 3. The number of aliphatic hydroxyl groups is 1. The van der Waals surface area contributed by atoms with Gasteiger partial charge >= 0.3 is 0 Å². The standard InChI is InChI=1S/C15H13FN2OS/c1-15(19,10-6-11(16)9-17-8-10)7-14-18-12-4-2-3-5-13(12)20-14/h2-6,8-9,19H,7H2,1H3. The van der Waals surface area contributed by atoms with Gasteiger partial charge in [0.15, 0.2) is 0 Å². The lowest BCUT2D eigenvalue weighted by Crippen LogP contribution is -2.24. The second-order valence-electron chi connectivity index (χ2n) is 4.92. The van der Waals surface area contributed by atoms with Crippen molar-refractivity contribution < 1.29 is 9.50 Å². The zero-order chi connectivity index (χ0) is 14.2. The molecule has 0 radical (unpaired) electrons. The second-order valence-corrected chi connectivity index (χ2v) is 6.03. The first-order valence-electron chi connectivity index (χ1n) is 6.22. The molecule has 1 aromatic carbocycles. The van der Waals surface area contributed by atoms with Gasteiger partial charge in [0.25, 0.3) is 0 Å². The number of halogens is 1. The Bertz CT molecular complexity index is 721. The van der Waals surface area contributed by atoms with Crippen LogP contribution in [-0.4, -0.2) is 15.1 Å². The summed E-state index contributed by atoms with van der Waals surface area (Å²) in [5, 5.41) is 11.4. The Kier molecular flexibility index (Phi) is 3.23. The van der Waals surface area contributed by atoms with Crippen LogP contribution in [0, 0.1) is 5.82 Å². The van der Waals surface area contributed by atoms with Gasteiger partial charge in [0.2, 0.25) is 0 Å². The van der Waals surface area contributed by atoms with Gasteiger partial charge in [-0.25, -0.2) is 9.37 Å². The van der Waals surface area contributed by atoms with Gasteiger partial charge in [0, 0.05) is 18.2 Å². The molecule has 5 heteroatoms. The third kappa shape index (κ3) is 2.55. The lowest BCUT2D eigenvalue weighted by atomic mass is 9.94. The fourth-order valence-electron chi connectivity index (χ4n) is 2.10. The van der Waals surface area contributed by atoms with Gasteiger partial charge in [-0.2, -0.15) is 0 Å². The molecule has 0 amide bonds. The third-order valence-electron chi connectivity index (χ3n) is 3.16. The summed E-state index contributed by atoms with van der Waals surface area (Å²) in [6, 6.07) is 9.13. The summed E-state index contributed by atoms with van der Waals surface area (Å²) in [6.45, 7) is 1.65. The fraction of sp³-hybridized carbons (Fsp3) is 0.200. The first-order chi connectivity index (χ1) is 9.54. The van der Waals surface area contributed by atoms with Crippen molar-refractivity contribution in [2.24, 2.45) is 0 Å². The Morgan fingerprint density at radius 3 is 2.85 bits per heavy atom. The van der Waals surface area contributed by atoms with Crippen LogP contribution in [0.5, 0.6) is 0 Å². The minimum Gasteiger partial charge on any atom is -0.385 e. The van der Waals surface area contributed by atoms with E-state index in [0.29, 0.717) is 12.0 Å². The van der Waals surface area contributed by atoms with Crippen LogP contribution in [0.1, 0.15) is 17.5 Å². The molecule has 0 aliphatic heterocycles. The van der Waals surface area contributed by atoms with Crippen LogP contribution in [0.2, 0.25) is 0 Å². The molecular weight excluding hydrogens is 275 g/mol. The van der Waals surface area contributed by atoms with Crippen LogP contribution in [0.25, 0.3) is 10.2 Å². The molecule has 0 saturated carbocycles. The molecule has 0 spiro atoms. The van der Waals surface area contributed by atoms with Crippen molar-refractivity contribution in [2.45, 2.75) is 18.9 Å². The summed E-state index contributed by atoms with van der Waals surface area (Å²) in [5.74, 6) is -0.452. The summed E-state index contributed by atoms with van der Waals surface area (Å²) in [5.41, 5.74) is 0.181. The van der Waals surface area contributed by atoms with E-state index in [2.05, 4.69) is 9.97 Å². The Morgan fingerprint density at radius 2 is 2.10 bits per heavy atom. The molecule has 0 aliphatic rings. The molecule has 3 aromatic rings. The van der Waals surface area contributed by atoms with Gasteiger partial charge in [0.1, 0.15) is 5.82 Å². The summed E-state index contributed by atoms with van der Waals surface area (Å²) < 4.78 is 14.3. The molecular formula is C15H13FN2OS. The largest absolute Gasteiger partial charge is 0.385 e. The maximum Gasteiger partial charge on any atom is 0.141 e. The lowest BCUT2D eigenvalue weighted by Gasteiger charge is -2.22. The molecule has 0 fully saturated rings. The molecule has 2 heterocycles. The smallest absolute Gasteiger partial charge is 0.141 e. The maximum absolute atomic E-state index is 13.2. The predicted molar refractivity (Wildman–Crippen MR) is 77.1 cm³/mol. The van der Waals surface area contributed by atoms with Crippen LogP contribution in [0.3, 0.4) is 0 Å². The second kappa shape index (κ2) is 4.92. The van der Waals surface area contributed by atoms with Crippen molar-refractivity contribution >= 4 is 21.6 Å². The quantitative estimate of drug-likeness (QED) is 0.804. The number of aromatic nitrogens is 2. The molecule has 0 saturated heterocycles. The van der Waals surface area contributed by atoms with Crippen LogP contribution in [0.15, 0.2) is 42.7 Å². The highest BCUT2D eigenvalue weighted by Gasteiger charge is 2.26. The highest BCUT2D eigenvalue weighted by atomic mass is 32.1. The summed E-state index contributed by atoms with van der Waals surface area (Å²) in [4.78, 5) is 8.27. The minimum absolute atomic E-state index is 0.331. The molecule has 3 nitrogen and oxygen atoms in total. The van der Waals surface area contributed by atoms with E-state index < -0.39 is 11.4 Å². The van der Waals surface area contributed by atoms with E-state index in [1.54, 1.807) is 6.92 Å². The van der Waals surface area contributed by atoms with Crippen LogP contribution in [0.4, 0.5) is 4.39 Å². The number of benzene rings is 1. The molecule has 1 N–H and O–H groups in total. The van der Waals surface area contributed by atoms with Crippen molar-refractivity contribution in [3.63, 3.8) is 0 Å². The van der Waals surface area contributed by atoms with Gasteiger partial charge in [0.05, 0.1) is 27.0 Å². The third-order valence-corrected chi connectivity index (χ3v) is 4.20. The van der Waals surface area contributed by atoms with Crippen LogP contribution in [-0.2, 0) is 12.0 Å². The van der Waals surface area contributed by atoms with Crippen molar-refractivity contribution in [2.75, 3.05) is 0 Å². The molecule has 3 rings (SSSR count). The number of thiazole rings is 1. The number of para-hydroxylation sites is 1. The van der Waals surface area contributed by atoms with Crippen LogP contribution < -0.4 is 0 Å². The van der Waals surface area contributed by atoms with Crippen molar-refractivity contribution in [3.8, 4) is 0 Å². The van der Waals surface area contributed by atoms with E-state index in [1.807, 2.05) is 24.3 Å². The summed E-state index contributed by atoms with van der Waals surface area (Å²) in [7, 11) is 0. The topological polar surface area (TPSA) is 46.0 Å². The molecule has 1 unspecified atom stereocenters. The Balaban J connectivity index is 1.92. The first kappa shape index (κ1) is 13.1. The Morgan fingerprint density at radius 1 is 1.30 bits per heavy atom. The first-order valence-corrected chi connectivity index (χ1v) is 7.04. The van der Waals surface area contributed by atoms with Gasteiger partial charge in [-0.3, -0.25) is 4.98 Å². The van der Waals surface area contributed by atoms with Crippen molar-refractivity contribution in [1.82, 2.24) is 9.97 Å². The van der Waals surface area contributed by atoms with Gasteiger partial charge < -0.3 is 5.11 Å². The predicted octanol–water partition coefficient (Wildman–Crippen LogP) is 3.28. The van der Waals surface area contributed by atoms with Gasteiger partial charge in [-0.1, -0.05) is 12.1 Å². The SMILES string of the molecule is CC(O)(Cc1nc2ccccc2s1)c1cncc(F)c1. The number of nitrogens with zero attached hydrogens (tertiary/aromatic N) is 2. The summed E-state index contributed by atoms with van der Waals surface area (Å²) >= 11 is 1.54. The number of hydrogen-bond acceptors (Lipinski definition) is 4. The molecule has 1 atom stereocenters. The van der Waals surface area contributed by atoms with Gasteiger partial charge in [-0.05, 0) is 25.1 Å². The van der Waals surface area contributed by atoms with E-state index in [0.717, 1.165) is 21.4 Å². The van der Waals surface area contributed by atoms with Crippen molar-refractivity contribution in [3.05, 3.63) is 59.1 Å². The van der Waals surface area contributed by atoms with E-state index in [4.69, 9.17) is 0 Å². The highest BCUT2D eigenvalue weighted by Crippen LogP contribution is 2.29.